The lowest BCUT2D eigenvalue weighted by Crippen LogP contribution is -1.95. The van der Waals surface area contributed by atoms with Gasteiger partial charge in [-0.05, 0) is 49.2 Å². The number of halogens is 3. The van der Waals surface area contributed by atoms with Gasteiger partial charge in [0, 0.05) is 17.0 Å². The van der Waals surface area contributed by atoms with Crippen molar-refractivity contribution in [2.24, 2.45) is 0 Å². The lowest BCUT2D eigenvalue weighted by atomic mass is 10.1. The van der Waals surface area contributed by atoms with Crippen LogP contribution in [0.3, 0.4) is 0 Å². The number of nitrogens with zero attached hydrogens (tertiary/aromatic N) is 2. The third-order valence-electron chi connectivity index (χ3n) is 3.23. The summed E-state index contributed by atoms with van der Waals surface area (Å²) in [7, 11) is 0. The van der Waals surface area contributed by atoms with Gasteiger partial charge < -0.3 is 0 Å². The summed E-state index contributed by atoms with van der Waals surface area (Å²) < 4.78 is 27.2. The standard InChI is InChI=1S/C16H11ClF2N2/c1-8-3-10(6-11(18)4-8)16-20-14-7-13(19)9(2)5-12(14)15(17)21-16/h3-7H,1-2H3. The third-order valence-corrected chi connectivity index (χ3v) is 3.52. The summed E-state index contributed by atoms with van der Waals surface area (Å²) in [5.41, 5.74) is 2.13. The van der Waals surface area contributed by atoms with Crippen LogP contribution in [0.15, 0.2) is 30.3 Å². The lowest BCUT2D eigenvalue weighted by molar-refractivity contribution is 0.620. The second-order valence-electron chi connectivity index (χ2n) is 4.97. The highest BCUT2D eigenvalue weighted by molar-refractivity contribution is 6.34. The Labute approximate surface area is 125 Å². The molecule has 0 atom stereocenters. The second-order valence-corrected chi connectivity index (χ2v) is 5.33. The average Bonchev–Trinajstić information content (AvgIpc) is 2.40. The predicted octanol–water partition coefficient (Wildman–Crippen LogP) is 4.85. The number of hydrogen-bond donors (Lipinski definition) is 0. The monoisotopic (exact) mass is 304 g/mol. The number of benzene rings is 2. The van der Waals surface area contributed by atoms with Gasteiger partial charge in [-0.25, -0.2) is 18.7 Å². The van der Waals surface area contributed by atoms with Crippen LogP contribution in [0.5, 0.6) is 0 Å². The van der Waals surface area contributed by atoms with Crippen molar-refractivity contribution in [1.29, 1.82) is 0 Å². The maximum atomic E-state index is 13.7. The molecule has 0 fully saturated rings. The molecule has 0 unspecified atom stereocenters. The molecule has 0 N–H and O–H groups in total. The van der Waals surface area contributed by atoms with Crippen molar-refractivity contribution in [2.75, 3.05) is 0 Å². The van der Waals surface area contributed by atoms with Crippen LogP contribution in [0.25, 0.3) is 22.3 Å². The Hall–Kier alpha value is -2.07. The van der Waals surface area contributed by atoms with Crippen LogP contribution < -0.4 is 0 Å². The molecule has 0 saturated heterocycles. The van der Waals surface area contributed by atoms with Gasteiger partial charge in [-0.2, -0.15) is 0 Å². The summed E-state index contributed by atoms with van der Waals surface area (Å²) in [5.74, 6) is -0.461. The molecule has 5 heteroatoms. The van der Waals surface area contributed by atoms with E-state index in [4.69, 9.17) is 11.6 Å². The van der Waals surface area contributed by atoms with Crippen LogP contribution in [0, 0.1) is 25.5 Å². The molecule has 0 aliphatic carbocycles. The van der Waals surface area contributed by atoms with E-state index in [0.717, 1.165) is 5.56 Å². The minimum atomic E-state index is -0.375. The summed E-state index contributed by atoms with van der Waals surface area (Å²) in [6.45, 7) is 3.42. The molecular weight excluding hydrogens is 294 g/mol. The number of rotatable bonds is 1. The molecule has 2 aromatic carbocycles. The second kappa shape index (κ2) is 5.04. The van der Waals surface area contributed by atoms with Gasteiger partial charge in [-0.1, -0.05) is 11.6 Å². The first-order chi connectivity index (χ1) is 9.94. The van der Waals surface area contributed by atoms with Gasteiger partial charge in [0.15, 0.2) is 5.82 Å². The van der Waals surface area contributed by atoms with Crippen LogP contribution in [-0.2, 0) is 0 Å². The lowest BCUT2D eigenvalue weighted by Gasteiger charge is -2.07. The van der Waals surface area contributed by atoms with Crippen LogP contribution in [0.2, 0.25) is 5.15 Å². The number of aromatic nitrogens is 2. The Kier molecular flexibility index (Phi) is 3.33. The molecule has 3 rings (SSSR count). The van der Waals surface area contributed by atoms with E-state index in [0.29, 0.717) is 22.0 Å². The van der Waals surface area contributed by atoms with Gasteiger partial charge in [-0.3, -0.25) is 0 Å². The first-order valence-electron chi connectivity index (χ1n) is 6.35. The molecule has 0 saturated carbocycles. The van der Waals surface area contributed by atoms with Crippen LogP contribution in [-0.4, -0.2) is 9.97 Å². The number of aryl methyl sites for hydroxylation is 2. The first-order valence-corrected chi connectivity index (χ1v) is 6.73. The van der Waals surface area contributed by atoms with Crippen LogP contribution in [0.1, 0.15) is 11.1 Å². The maximum Gasteiger partial charge on any atom is 0.161 e. The zero-order chi connectivity index (χ0) is 15.1. The molecule has 0 spiro atoms. The van der Waals surface area contributed by atoms with Gasteiger partial charge in [0.05, 0.1) is 5.52 Å². The van der Waals surface area contributed by atoms with Crippen molar-refractivity contribution in [3.63, 3.8) is 0 Å². The third kappa shape index (κ3) is 2.59. The molecule has 0 aliphatic heterocycles. The Morgan fingerprint density at radius 1 is 0.952 bits per heavy atom. The smallest absolute Gasteiger partial charge is 0.161 e. The predicted molar refractivity (Wildman–Crippen MR) is 79.4 cm³/mol. The van der Waals surface area contributed by atoms with E-state index in [1.807, 2.05) is 0 Å². The van der Waals surface area contributed by atoms with E-state index in [9.17, 15) is 8.78 Å². The zero-order valence-electron chi connectivity index (χ0n) is 11.4. The van der Waals surface area contributed by atoms with E-state index >= 15 is 0 Å². The van der Waals surface area contributed by atoms with Crippen LogP contribution >= 0.6 is 11.6 Å². The van der Waals surface area contributed by atoms with Gasteiger partial charge in [0.1, 0.15) is 16.8 Å². The number of fused-ring (bicyclic) bond motifs is 1. The van der Waals surface area contributed by atoms with E-state index in [1.165, 1.54) is 18.2 Å². The topological polar surface area (TPSA) is 25.8 Å². The maximum absolute atomic E-state index is 13.7. The van der Waals surface area contributed by atoms with E-state index < -0.39 is 0 Å². The fourth-order valence-corrected chi connectivity index (χ4v) is 2.45. The quantitative estimate of drug-likeness (QED) is 0.601. The van der Waals surface area contributed by atoms with Crippen molar-refractivity contribution in [2.45, 2.75) is 13.8 Å². The van der Waals surface area contributed by atoms with E-state index in [1.54, 1.807) is 26.0 Å². The number of hydrogen-bond acceptors (Lipinski definition) is 2. The van der Waals surface area contributed by atoms with Crippen LogP contribution in [0.4, 0.5) is 8.78 Å². The summed E-state index contributed by atoms with van der Waals surface area (Å²) in [4.78, 5) is 8.48. The van der Waals surface area contributed by atoms with Gasteiger partial charge in [0.25, 0.3) is 0 Å². The van der Waals surface area contributed by atoms with Crippen molar-refractivity contribution in [3.8, 4) is 11.4 Å². The molecule has 0 amide bonds. The minimum absolute atomic E-state index is 0.222. The minimum Gasteiger partial charge on any atom is -0.228 e. The van der Waals surface area contributed by atoms with Crippen molar-refractivity contribution in [1.82, 2.24) is 9.97 Å². The van der Waals surface area contributed by atoms with E-state index in [-0.39, 0.29) is 22.6 Å². The summed E-state index contributed by atoms with van der Waals surface area (Å²) in [6.07, 6.45) is 0. The van der Waals surface area contributed by atoms with Crippen molar-refractivity contribution in [3.05, 3.63) is 58.2 Å². The van der Waals surface area contributed by atoms with Gasteiger partial charge in [-0.15, -0.1) is 0 Å². The van der Waals surface area contributed by atoms with Gasteiger partial charge >= 0.3 is 0 Å². The van der Waals surface area contributed by atoms with Crippen molar-refractivity contribution < 1.29 is 8.78 Å². The van der Waals surface area contributed by atoms with Gasteiger partial charge in [0.2, 0.25) is 0 Å². The highest BCUT2D eigenvalue weighted by atomic mass is 35.5. The molecule has 1 heterocycles. The Morgan fingerprint density at radius 3 is 2.43 bits per heavy atom. The molecule has 0 aliphatic rings. The molecule has 106 valence electrons. The Balaban J connectivity index is 2.27. The SMILES string of the molecule is Cc1cc(F)cc(-c2nc(Cl)c3cc(C)c(F)cc3n2)c1. The normalized spacial score (nSPS) is 11.1. The molecule has 3 aromatic rings. The largest absolute Gasteiger partial charge is 0.228 e. The molecule has 21 heavy (non-hydrogen) atoms. The van der Waals surface area contributed by atoms with Crippen molar-refractivity contribution >= 4 is 22.5 Å². The zero-order valence-corrected chi connectivity index (χ0v) is 12.2. The molecule has 0 bridgehead atoms. The Morgan fingerprint density at radius 2 is 1.71 bits per heavy atom. The summed E-state index contributed by atoms with van der Waals surface area (Å²) in [6, 6.07) is 7.41. The summed E-state index contributed by atoms with van der Waals surface area (Å²) in [5, 5.41) is 0.799. The first kappa shape index (κ1) is 13.9. The molecule has 0 radical (unpaired) electrons. The Bertz CT molecular complexity index is 842. The molecule has 1 aromatic heterocycles. The fourth-order valence-electron chi connectivity index (χ4n) is 2.22. The fraction of sp³-hybridized carbons (Fsp3) is 0.125. The highest BCUT2D eigenvalue weighted by Gasteiger charge is 2.11. The summed E-state index contributed by atoms with van der Waals surface area (Å²) >= 11 is 6.15. The average molecular weight is 305 g/mol. The molecular formula is C16H11ClF2N2. The molecule has 2 nitrogen and oxygen atoms in total. The van der Waals surface area contributed by atoms with E-state index in [2.05, 4.69) is 9.97 Å². The highest BCUT2D eigenvalue weighted by Crippen LogP contribution is 2.27.